The fourth-order valence-corrected chi connectivity index (χ4v) is 2.69. The van der Waals surface area contributed by atoms with Gasteiger partial charge in [0.05, 0.1) is 5.56 Å². The zero-order chi connectivity index (χ0) is 18.4. The lowest BCUT2D eigenvalue weighted by molar-refractivity contribution is 0.0472. The van der Waals surface area contributed by atoms with Crippen molar-refractivity contribution < 1.29 is 14.3 Å². The van der Waals surface area contributed by atoms with Crippen LogP contribution in [0.1, 0.15) is 27.0 Å². The molecule has 0 aliphatic carbocycles. The molecule has 0 aliphatic rings. The second kappa shape index (κ2) is 8.68. The highest BCUT2D eigenvalue weighted by molar-refractivity contribution is 9.10. The van der Waals surface area contributed by atoms with Gasteiger partial charge in [0, 0.05) is 4.47 Å². The number of hydrogen-bond acceptors (Lipinski definition) is 3. The molecule has 4 heteroatoms. The van der Waals surface area contributed by atoms with E-state index in [1.54, 1.807) is 12.1 Å². The van der Waals surface area contributed by atoms with Crippen LogP contribution in [0.5, 0.6) is 5.75 Å². The maximum absolute atomic E-state index is 12.2. The Morgan fingerprint density at radius 2 is 1.54 bits per heavy atom. The summed E-state index contributed by atoms with van der Waals surface area (Å²) in [5.74, 6) is 0.502. The Balaban J connectivity index is 1.53. The quantitative estimate of drug-likeness (QED) is 0.489. The van der Waals surface area contributed by atoms with Crippen LogP contribution in [-0.2, 0) is 18.0 Å². The molecule has 0 saturated carbocycles. The minimum absolute atomic E-state index is 0.254. The van der Waals surface area contributed by atoms with Crippen LogP contribution in [0, 0.1) is 6.92 Å². The SMILES string of the molecule is Cc1cccc(OCc2ccc(C(=O)OCc3ccc(Br)cc3)cc2)c1. The third kappa shape index (κ3) is 5.20. The highest BCUT2D eigenvalue weighted by atomic mass is 79.9. The van der Waals surface area contributed by atoms with Gasteiger partial charge in [0.15, 0.2) is 0 Å². The number of halogens is 1. The first kappa shape index (κ1) is 18.2. The van der Waals surface area contributed by atoms with Gasteiger partial charge in [-0.2, -0.15) is 0 Å². The topological polar surface area (TPSA) is 35.5 Å². The van der Waals surface area contributed by atoms with Crippen LogP contribution in [0.15, 0.2) is 77.3 Å². The van der Waals surface area contributed by atoms with Gasteiger partial charge in [0.2, 0.25) is 0 Å². The number of benzene rings is 3. The van der Waals surface area contributed by atoms with Crippen molar-refractivity contribution in [2.24, 2.45) is 0 Å². The van der Waals surface area contributed by atoms with Crippen LogP contribution < -0.4 is 4.74 Å². The summed E-state index contributed by atoms with van der Waals surface area (Å²) in [6, 6.07) is 22.9. The molecule has 0 spiro atoms. The van der Waals surface area contributed by atoms with Crippen molar-refractivity contribution in [1.29, 1.82) is 0 Å². The van der Waals surface area contributed by atoms with E-state index in [0.717, 1.165) is 26.9 Å². The molecule has 132 valence electrons. The van der Waals surface area contributed by atoms with E-state index in [2.05, 4.69) is 15.9 Å². The highest BCUT2D eigenvalue weighted by Crippen LogP contribution is 2.16. The second-order valence-corrected chi connectivity index (χ2v) is 6.92. The Morgan fingerprint density at radius 1 is 0.885 bits per heavy atom. The van der Waals surface area contributed by atoms with E-state index in [1.807, 2.05) is 67.6 Å². The molecule has 0 bridgehead atoms. The van der Waals surface area contributed by atoms with Crippen molar-refractivity contribution >= 4 is 21.9 Å². The van der Waals surface area contributed by atoms with Crippen LogP contribution >= 0.6 is 15.9 Å². The molecule has 3 nitrogen and oxygen atoms in total. The number of carbonyl (C=O) groups excluding carboxylic acids is 1. The molecule has 0 aromatic heterocycles. The van der Waals surface area contributed by atoms with Crippen molar-refractivity contribution in [2.45, 2.75) is 20.1 Å². The molecule has 0 N–H and O–H groups in total. The average molecular weight is 411 g/mol. The molecule has 3 aromatic rings. The van der Waals surface area contributed by atoms with E-state index < -0.39 is 0 Å². The molecular formula is C22H19BrO3. The molecule has 0 radical (unpaired) electrons. The standard InChI is InChI=1S/C22H19BrO3/c1-16-3-2-4-21(13-16)25-14-17-5-9-19(10-6-17)22(24)26-15-18-7-11-20(23)12-8-18/h2-13H,14-15H2,1H3. The van der Waals surface area contributed by atoms with Crippen LogP contribution in [0.2, 0.25) is 0 Å². The van der Waals surface area contributed by atoms with Crippen LogP contribution in [0.3, 0.4) is 0 Å². The summed E-state index contributed by atoms with van der Waals surface area (Å²) in [6.45, 7) is 2.74. The predicted molar refractivity (Wildman–Crippen MR) is 105 cm³/mol. The van der Waals surface area contributed by atoms with Crippen molar-refractivity contribution in [1.82, 2.24) is 0 Å². The smallest absolute Gasteiger partial charge is 0.338 e. The minimum Gasteiger partial charge on any atom is -0.489 e. The van der Waals surface area contributed by atoms with Gasteiger partial charge >= 0.3 is 5.97 Å². The van der Waals surface area contributed by atoms with Crippen molar-refractivity contribution in [3.8, 4) is 5.75 Å². The summed E-state index contributed by atoms with van der Waals surface area (Å²) in [4.78, 5) is 12.2. The second-order valence-electron chi connectivity index (χ2n) is 6.00. The molecule has 26 heavy (non-hydrogen) atoms. The van der Waals surface area contributed by atoms with E-state index in [1.165, 1.54) is 0 Å². The van der Waals surface area contributed by atoms with Gasteiger partial charge in [-0.15, -0.1) is 0 Å². The van der Waals surface area contributed by atoms with Crippen molar-refractivity contribution in [2.75, 3.05) is 0 Å². The van der Waals surface area contributed by atoms with Gasteiger partial charge in [-0.05, 0) is 60.0 Å². The summed E-state index contributed by atoms with van der Waals surface area (Å²) in [7, 11) is 0. The number of carbonyl (C=O) groups is 1. The number of hydrogen-bond donors (Lipinski definition) is 0. The summed E-state index contributed by atoms with van der Waals surface area (Å²) in [5, 5.41) is 0. The van der Waals surface area contributed by atoms with E-state index in [9.17, 15) is 4.79 Å². The fraction of sp³-hybridized carbons (Fsp3) is 0.136. The van der Waals surface area contributed by atoms with Gasteiger partial charge in [0.25, 0.3) is 0 Å². The van der Waals surface area contributed by atoms with Gasteiger partial charge in [-0.25, -0.2) is 4.79 Å². The lowest BCUT2D eigenvalue weighted by Gasteiger charge is -2.08. The van der Waals surface area contributed by atoms with Gasteiger partial charge in [0.1, 0.15) is 19.0 Å². The lowest BCUT2D eigenvalue weighted by atomic mass is 10.1. The number of ether oxygens (including phenoxy) is 2. The van der Waals surface area contributed by atoms with Gasteiger partial charge in [-0.1, -0.05) is 52.3 Å². The molecule has 0 fully saturated rings. The van der Waals surface area contributed by atoms with E-state index >= 15 is 0 Å². The van der Waals surface area contributed by atoms with Gasteiger partial charge < -0.3 is 9.47 Å². The van der Waals surface area contributed by atoms with Crippen molar-refractivity contribution in [3.05, 3.63) is 99.5 Å². The Hall–Kier alpha value is -2.59. The lowest BCUT2D eigenvalue weighted by Crippen LogP contribution is -2.05. The number of esters is 1. The van der Waals surface area contributed by atoms with Crippen molar-refractivity contribution in [3.63, 3.8) is 0 Å². The molecule has 3 rings (SSSR count). The molecule has 0 amide bonds. The number of aryl methyl sites for hydroxylation is 1. The summed E-state index contributed by atoms with van der Waals surface area (Å²) >= 11 is 3.38. The third-order valence-corrected chi connectivity index (χ3v) is 4.40. The largest absolute Gasteiger partial charge is 0.489 e. The molecule has 0 saturated heterocycles. The Labute approximate surface area is 161 Å². The predicted octanol–water partition coefficient (Wildman–Crippen LogP) is 5.69. The van der Waals surface area contributed by atoms with Crippen LogP contribution in [-0.4, -0.2) is 5.97 Å². The summed E-state index contributed by atoms with van der Waals surface area (Å²) < 4.78 is 12.1. The molecule has 0 aliphatic heterocycles. The fourth-order valence-electron chi connectivity index (χ4n) is 2.42. The number of rotatable bonds is 6. The van der Waals surface area contributed by atoms with E-state index in [-0.39, 0.29) is 12.6 Å². The monoisotopic (exact) mass is 410 g/mol. The highest BCUT2D eigenvalue weighted by Gasteiger charge is 2.07. The van der Waals surface area contributed by atoms with Gasteiger partial charge in [-0.3, -0.25) is 0 Å². The third-order valence-electron chi connectivity index (χ3n) is 3.87. The maximum Gasteiger partial charge on any atom is 0.338 e. The molecule has 0 atom stereocenters. The Kier molecular flexibility index (Phi) is 6.08. The molecule has 0 unspecified atom stereocenters. The summed E-state index contributed by atoms with van der Waals surface area (Å²) in [5.41, 5.74) is 3.63. The summed E-state index contributed by atoms with van der Waals surface area (Å²) in [6.07, 6.45) is 0. The van der Waals surface area contributed by atoms with Crippen LogP contribution in [0.25, 0.3) is 0 Å². The average Bonchev–Trinajstić information content (AvgIpc) is 2.66. The van der Waals surface area contributed by atoms with Crippen LogP contribution in [0.4, 0.5) is 0 Å². The first-order chi connectivity index (χ1) is 12.6. The zero-order valence-corrected chi connectivity index (χ0v) is 16.0. The first-order valence-corrected chi connectivity index (χ1v) is 9.09. The zero-order valence-electron chi connectivity index (χ0n) is 14.4. The molecule has 3 aromatic carbocycles. The maximum atomic E-state index is 12.2. The van der Waals surface area contributed by atoms with E-state index in [0.29, 0.717) is 12.2 Å². The molecular weight excluding hydrogens is 392 g/mol. The normalized spacial score (nSPS) is 10.4. The Morgan fingerprint density at radius 3 is 2.23 bits per heavy atom. The molecule has 0 heterocycles. The first-order valence-electron chi connectivity index (χ1n) is 8.30. The minimum atomic E-state index is -0.334. The van der Waals surface area contributed by atoms with E-state index in [4.69, 9.17) is 9.47 Å². The Bertz CT molecular complexity index is 871.